The summed E-state index contributed by atoms with van der Waals surface area (Å²) in [4.78, 5) is 26.3. The molecule has 29 heavy (non-hydrogen) atoms. The molecule has 1 heterocycles. The summed E-state index contributed by atoms with van der Waals surface area (Å²) < 4.78 is 5.89. The Morgan fingerprint density at radius 2 is 1.90 bits per heavy atom. The predicted molar refractivity (Wildman–Crippen MR) is 114 cm³/mol. The van der Waals surface area contributed by atoms with Crippen molar-refractivity contribution in [2.24, 2.45) is 0 Å². The Balaban J connectivity index is 1.32. The van der Waals surface area contributed by atoms with E-state index < -0.39 is 11.8 Å². The van der Waals surface area contributed by atoms with E-state index in [1.807, 2.05) is 43.3 Å². The maximum atomic E-state index is 12.0. The standard InChI is InChI=1S/C23H29N3O3/c1-18-8-7-11-20(16-18)25-23(28)22(27)24-12-5-6-13-26-14-15-29-21(17-26)19-9-3-2-4-10-19/h2-4,7-11,16,21H,5-6,12-15,17H2,1H3,(H,24,27)(H,25,28)/t21-/m1/s1. The Hall–Kier alpha value is -2.70. The molecular formula is C23H29N3O3. The average Bonchev–Trinajstić information content (AvgIpc) is 2.74. The van der Waals surface area contributed by atoms with Gasteiger partial charge >= 0.3 is 11.8 Å². The zero-order chi connectivity index (χ0) is 20.5. The maximum absolute atomic E-state index is 12.0. The van der Waals surface area contributed by atoms with E-state index in [-0.39, 0.29) is 6.10 Å². The van der Waals surface area contributed by atoms with Gasteiger partial charge in [0, 0.05) is 25.3 Å². The highest BCUT2D eigenvalue weighted by Crippen LogP contribution is 2.21. The van der Waals surface area contributed by atoms with Crippen LogP contribution in [0, 0.1) is 6.92 Å². The summed E-state index contributed by atoms with van der Waals surface area (Å²) in [6.07, 6.45) is 1.91. The van der Waals surface area contributed by atoms with Crippen LogP contribution in [0.5, 0.6) is 0 Å². The van der Waals surface area contributed by atoms with Crippen LogP contribution in [0.1, 0.15) is 30.1 Å². The molecule has 2 aromatic carbocycles. The van der Waals surface area contributed by atoms with Crippen molar-refractivity contribution in [1.82, 2.24) is 10.2 Å². The minimum absolute atomic E-state index is 0.120. The Labute approximate surface area is 172 Å². The number of carbonyl (C=O) groups excluding carboxylic acids is 2. The molecule has 1 aliphatic rings. The normalized spacial score (nSPS) is 16.9. The number of amides is 2. The lowest BCUT2D eigenvalue weighted by atomic mass is 10.1. The number of ether oxygens (including phenoxy) is 1. The molecule has 6 nitrogen and oxygen atoms in total. The van der Waals surface area contributed by atoms with Gasteiger partial charge < -0.3 is 15.4 Å². The predicted octanol–water partition coefficient (Wildman–Crippen LogP) is 2.90. The summed E-state index contributed by atoms with van der Waals surface area (Å²) in [7, 11) is 0. The molecule has 1 saturated heterocycles. The first-order valence-electron chi connectivity index (χ1n) is 10.2. The van der Waals surface area contributed by atoms with Crippen LogP contribution < -0.4 is 10.6 Å². The van der Waals surface area contributed by atoms with Crippen molar-refractivity contribution in [3.05, 3.63) is 65.7 Å². The first kappa shape index (κ1) is 21.0. The van der Waals surface area contributed by atoms with Crippen LogP contribution >= 0.6 is 0 Å². The van der Waals surface area contributed by atoms with Gasteiger partial charge in [-0.05, 0) is 49.6 Å². The Morgan fingerprint density at radius 3 is 2.69 bits per heavy atom. The Kier molecular flexibility index (Phi) is 7.78. The lowest BCUT2D eigenvalue weighted by Crippen LogP contribution is -2.39. The highest BCUT2D eigenvalue weighted by molar-refractivity contribution is 6.39. The topological polar surface area (TPSA) is 70.7 Å². The van der Waals surface area contributed by atoms with Crippen molar-refractivity contribution in [3.8, 4) is 0 Å². The molecule has 2 amide bonds. The number of carbonyl (C=O) groups is 2. The molecule has 0 saturated carbocycles. The Bertz CT molecular complexity index is 810. The van der Waals surface area contributed by atoms with Gasteiger partial charge in [0.25, 0.3) is 0 Å². The molecule has 0 unspecified atom stereocenters. The van der Waals surface area contributed by atoms with Gasteiger partial charge in [-0.15, -0.1) is 0 Å². The molecule has 0 bridgehead atoms. The van der Waals surface area contributed by atoms with Crippen molar-refractivity contribution in [2.75, 3.05) is 38.1 Å². The van der Waals surface area contributed by atoms with Crippen molar-refractivity contribution >= 4 is 17.5 Å². The number of hydrogen-bond acceptors (Lipinski definition) is 4. The molecule has 1 fully saturated rings. The number of morpholine rings is 1. The number of rotatable bonds is 7. The number of benzene rings is 2. The number of unbranched alkanes of at least 4 members (excludes halogenated alkanes) is 1. The molecular weight excluding hydrogens is 366 g/mol. The highest BCUT2D eigenvalue weighted by atomic mass is 16.5. The number of aryl methyl sites for hydroxylation is 1. The molecule has 2 N–H and O–H groups in total. The van der Waals surface area contributed by atoms with E-state index in [0.717, 1.165) is 44.6 Å². The van der Waals surface area contributed by atoms with Crippen LogP contribution in [0.15, 0.2) is 54.6 Å². The van der Waals surface area contributed by atoms with E-state index in [9.17, 15) is 9.59 Å². The quantitative estimate of drug-likeness (QED) is 0.559. The molecule has 0 radical (unpaired) electrons. The average molecular weight is 396 g/mol. The van der Waals surface area contributed by atoms with Crippen LogP contribution in [0.25, 0.3) is 0 Å². The zero-order valence-electron chi connectivity index (χ0n) is 16.9. The highest BCUT2D eigenvalue weighted by Gasteiger charge is 2.21. The number of nitrogens with zero attached hydrogens (tertiary/aromatic N) is 1. The molecule has 154 valence electrons. The molecule has 0 aromatic heterocycles. The van der Waals surface area contributed by atoms with Crippen LogP contribution in [-0.2, 0) is 14.3 Å². The minimum Gasteiger partial charge on any atom is -0.371 e. The summed E-state index contributed by atoms with van der Waals surface area (Å²) in [6.45, 7) is 5.93. The van der Waals surface area contributed by atoms with E-state index in [0.29, 0.717) is 12.2 Å². The van der Waals surface area contributed by atoms with Crippen LogP contribution in [-0.4, -0.2) is 49.5 Å². The molecule has 1 aliphatic heterocycles. The minimum atomic E-state index is -0.630. The monoisotopic (exact) mass is 395 g/mol. The third-order valence-corrected chi connectivity index (χ3v) is 4.99. The summed E-state index contributed by atoms with van der Waals surface area (Å²) in [6, 6.07) is 17.7. The smallest absolute Gasteiger partial charge is 0.313 e. The third kappa shape index (κ3) is 6.69. The summed E-state index contributed by atoms with van der Waals surface area (Å²) in [5, 5.41) is 5.32. The zero-order valence-corrected chi connectivity index (χ0v) is 16.9. The maximum Gasteiger partial charge on any atom is 0.313 e. The van der Waals surface area contributed by atoms with Crippen LogP contribution in [0.3, 0.4) is 0 Å². The van der Waals surface area contributed by atoms with Gasteiger partial charge in [0.2, 0.25) is 0 Å². The fourth-order valence-corrected chi connectivity index (χ4v) is 3.43. The van der Waals surface area contributed by atoms with Crippen LogP contribution in [0.4, 0.5) is 5.69 Å². The third-order valence-electron chi connectivity index (χ3n) is 4.99. The molecule has 6 heteroatoms. The first-order valence-corrected chi connectivity index (χ1v) is 10.2. The number of nitrogens with one attached hydrogen (secondary N) is 2. The molecule has 2 aromatic rings. The van der Waals surface area contributed by atoms with Gasteiger partial charge in [-0.25, -0.2) is 0 Å². The molecule has 0 aliphatic carbocycles. The van der Waals surface area contributed by atoms with E-state index in [2.05, 4.69) is 27.7 Å². The van der Waals surface area contributed by atoms with E-state index in [1.54, 1.807) is 6.07 Å². The SMILES string of the molecule is Cc1cccc(NC(=O)C(=O)NCCCCN2CCO[C@@H](c3ccccc3)C2)c1. The van der Waals surface area contributed by atoms with Crippen molar-refractivity contribution in [3.63, 3.8) is 0 Å². The largest absolute Gasteiger partial charge is 0.371 e. The molecule has 1 atom stereocenters. The van der Waals surface area contributed by atoms with E-state index >= 15 is 0 Å². The van der Waals surface area contributed by atoms with E-state index in [1.165, 1.54) is 5.56 Å². The van der Waals surface area contributed by atoms with Gasteiger partial charge in [0.1, 0.15) is 0 Å². The second-order valence-corrected chi connectivity index (χ2v) is 7.36. The van der Waals surface area contributed by atoms with Gasteiger partial charge in [0.15, 0.2) is 0 Å². The lowest BCUT2D eigenvalue weighted by molar-refractivity contribution is -0.136. The van der Waals surface area contributed by atoms with Crippen molar-refractivity contribution in [1.29, 1.82) is 0 Å². The molecule has 3 rings (SSSR count). The first-order chi connectivity index (χ1) is 14.1. The summed E-state index contributed by atoms with van der Waals surface area (Å²) in [5.74, 6) is -1.23. The van der Waals surface area contributed by atoms with Gasteiger partial charge in [-0.1, -0.05) is 42.5 Å². The summed E-state index contributed by atoms with van der Waals surface area (Å²) in [5.41, 5.74) is 2.87. The second kappa shape index (κ2) is 10.7. The van der Waals surface area contributed by atoms with Crippen LogP contribution in [0.2, 0.25) is 0 Å². The molecule has 0 spiro atoms. The fourth-order valence-electron chi connectivity index (χ4n) is 3.43. The van der Waals surface area contributed by atoms with Crippen molar-refractivity contribution in [2.45, 2.75) is 25.9 Å². The fraction of sp³-hybridized carbons (Fsp3) is 0.391. The van der Waals surface area contributed by atoms with Gasteiger partial charge in [0.05, 0.1) is 12.7 Å². The van der Waals surface area contributed by atoms with Gasteiger partial charge in [-0.3, -0.25) is 14.5 Å². The van der Waals surface area contributed by atoms with Crippen molar-refractivity contribution < 1.29 is 14.3 Å². The number of anilines is 1. The lowest BCUT2D eigenvalue weighted by Gasteiger charge is -2.33. The second-order valence-electron chi connectivity index (χ2n) is 7.36. The summed E-state index contributed by atoms with van der Waals surface area (Å²) >= 11 is 0. The number of hydrogen-bond donors (Lipinski definition) is 2. The van der Waals surface area contributed by atoms with Gasteiger partial charge in [-0.2, -0.15) is 0 Å². The Morgan fingerprint density at radius 1 is 1.07 bits per heavy atom. The van der Waals surface area contributed by atoms with E-state index in [4.69, 9.17) is 4.74 Å².